The van der Waals surface area contributed by atoms with E-state index in [1.54, 1.807) is 65.4 Å². The molecule has 1 aliphatic heterocycles. The molecule has 38 heavy (non-hydrogen) atoms. The molecule has 2 aromatic heterocycles. The molecular weight excluding hydrogens is 505 g/mol. The van der Waals surface area contributed by atoms with Crippen molar-refractivity contribution in [1.29, 1.82) is 0 Å². The Bertz CT molecular complexity index is 1460. The van der Waals surface area contributed by atoms with Crippen LogP contribution in [0.25, 0.3) is 11.3 Å². The number of rotatable bonds is 8. The van der Waals surface area contributed by atoms with Crippen LogP contribution in [0.15, 0.2) is 84.4 Å². The normalized spacial score (nSPS) is 15.0. The Morgan fingerprint density at radius 3 is 2.37 bits per heavy atom. The molecular formula is C27H28FN7O2S. The van der Waals surface area contributed by atoms with Gasteiger partial charge in [0, 0.05) is 61.1 Å². The van der Waals surface area contributed by atoms with Crippen LogP contribution in [0.5, 0.6) is 0 Å². The predicted octanol–water partition coefficient (Wildman–Crippen LogP) is 4.10. The molecule has 1 saturated heterocycles. The molecule has 5 rings (SSSR count). The third kappa shape index (κ3) is 6.01. The molecule has 0 bridgehead atoms. The van der Waals surface area contributed by atoms with Gasteiger partial charge >= 0.3 is 0 Å². The van der Waals surface area contributed by atoms with Crippen LogP contribution in [0.1, 0.15) is 18.4 Å². The van der Waals surface area contributed by atoms with Crippen LogP contribution in [0.2, 0.25) is 0 Å². The van der Waals surface area contributed by atoms with E-state index in [1.807, 2.05) is 7.05 Å². The van der Waals surface area contributed by atoms with E-state index in [-0.39, 0.29) is 10.7 Å². The van der Waals surface area contributed by atoms with Gasteiger partial charge in [-0.2, -0.15) is 4.31 Å². The largest absolute Gasteiger partial charge is 0.324 e. The van der Waals surface area contributed by atoms with Crippen molar-refractivity contribution < 1.29 is 12.8 Å². The minimum atomic E-state index is -3.60. The highest BCUT2D eigenvalue weighted by molar-refractivity contribution is 7.89. The molecule has 2 aromatic carbocycles. The van der Waals surface area contributed by atoms with Crippen molar-refractivity contribution in [3.63, 3.8) is 0 Å². The van der Waals surface area contributed by atoms with Gasteiger partial charge in [0.25, 0.3) is 0 Å². The summed E-state index contributed by atoms with van der Waals surface area (Å²) >= 11 is 0. The number of hydrogen-bond acceptors (Lipinski definition) is 8. The monoisotopic (exact) mass is 533 g/mol. The third-order valence-corrected chi connectivity index (χ3v) is 8.55. The second-order valence-corrected chi connectivity index (χ2v) is 11.2. The summed E-state index contributed by atoms with van der Waals surface area (Å²) in [7, 11) is -1.55. The van der Waals surface area contributed by atoms with Crippen molar-refractivity contribution in [3.05, 3.63) is 90.9 Å². The van der Waals surface area contributed by atoms with E-state index in [0.29, 0.717) is 36.5 Å². The van der Waals surface area contributed by atoms with E-state index in [0.717, 1.165) is 30.5 Å². The highest BCUT2D eigenvalue weighted by Gasteiger charge is 2.30. The molecule has 3 heterocycles. The number of nitrogens with one attached hydrogen (secondary N) is 1. The maximum atomic E-state index is 13.3. The minimum absolute atomic E-state index is 0.247. The van der Waals surface area contributed by atoms with Crippen molar-refractivity contribution in [1.82, 2.24) is 29.1 Å². The van der Waals surface area contributed by atoms with Gasteiger partial charge in [0.05, 0.1) is 10.6 Å². The molecule has 4 aromatic rings. The Labute approximate surface area is 221 Å². The van der Waals surface area contributed by atoms with Crippen molar-refractivity contribution in [2.75, 3.05) is 25.5 Å². The van der Waals surface area contributed by atoms with E-state index in [4.69, 9.17) is 0 Å². The molecule has 0 spiro atoms. The fourth-order valence-corrected chi connectivity index (χ4v) is 6.01. The second-order valence-electron chi connectivity index (χ2n) is 9.22. The van der Waals surface area contributed by atoms with Gasteiger partial charge in [0.1, 0.15) is 12.1 Å². The first kappa shape index (κ1) is 25.8. The lowest BCUT2D eigenvalue weighted by Crippen LogP contribution is -2.45. The van der Waals surface area contributed by atoms with E-state index in [1.165, 1.54) is 18.5 Å². The smallest absolute Gasteiger partial charge is 0.243 e. The van der Waals surface area contributed by atoms with Crippen molar-refractivity contribution in [2.45, 2.75) is 30.3 Å². The lowest BCUT2D eigenvalue weighted by Gasteiger charge is -2.36. The Hall–Kier alpha value is -3.80. The number of benzene rings is 2. The quantitative estimate of drug-likeness (QED) is 0.361. The molecule has 1 aliphatic rings. The SMILES string of the molecule is CN(Cc1cncnc1)C1CCN(S(=O)(=O)c2ccc(Nc3nccc(-c4ccc(F)cc4)n3)cc2)CC1. The van der Waals surface area contributed by atoms with E-state index in [9.17, 15) is 12.8 Å². The first-order valence-electron chi connectivity index (χ1n) is 12.3. The predicted molar refractivity (Wildman–Crippen MR) is 142 cm³/mol. The summed E-state index contributed by atoms with van der Waals surface area (Å²) in [6.45, 7) is 1.66. The number of hydrogen-bond donors (Lipinski definition) is 1. The number of nitrogens with zero attached hydrogens (tertiary/aromatic N) is 6. The highest BCUT2D eigenvalue weighted by atomic mass is 32.2. The Kier molecular flexibility index (Phi) is 7.68. The summed E-state index contributed by atoms with van der Waals surface area (Å²) in [5, 5.41) is 3.10. The summed E-state index contributed by atoms with van der Waals surface area (Å²) in [5.74, 6) is 0.0437. The standard InChI is InChI=1S/C27H28FN7O2S/c1-34(18-20-16-29-19-30-17-20)24-11-14-35(15-12-24)38(36,37)25-8-6-23(7-9-25)32-27-31-13-10-26(33-27)21-2-4-22(28)5-3-21/h2-10,13,16-17,19,24H,11-12,14-15,18H2,1H3,(H,31,32,33). The van der Waals surface area contributed by atoms with E-state index >= 15 is 0 Å². The first-order chi connectivity index (χ1) is 18.4. The van der Waals surface area contributed by atoms with E-state index < -0.39 is 10.0 Å². The molecule has 0 saturated carbocycles. The summed E-state index contributed by atoms with van der Waals surface area (Å²) in [5.41, 5.74) is 3.10. The second kappa shape index (κ2) is 11.3. The van der Waals surface area contributed by atoms with Crippen LogP contribution < -0.4 is 5.32 Å². The molecule has 0 atom stereocenters. The number of aromatic nitrogens is 4. The average Bonchev–Trinajstić information content (AvgIpc) is 2.94. The van der Waals surface area contributed by atoms with Gasteiger partial charge in [-0.25, -0.2) is 32.7 Å². The number of anilines is 2. The summed E-state index contributed by atoms with van der Waals surface area (Å²) in [6, 6.07) is 14.7. The van der Waals surface area contributed by atoms with Crippen LogP contribution in [-0.4, -0.2) is 63.7 Å². The summed E-state index contributed by atoms with van der Waals surface area (Å²) in [6.07, 6.45) is 8.24. The Balaban J connectivity index is 1.20. The molecule has 1 fully saturated rings. The number of halogens is 1. The van der Waals surface area contributed by atoms with Crippen LogP contribution in [0.3, 0.4) is 0 Å². The lowest BCUT2D eigenvalue weighted by molar-refractivity contribution is 0.162. The Morgan fingerprint density at radius 2 is 1.68 bits per heavy atom. The molecule has 0 aliphatic carbocycles. The van der Waals surface area contributed by atoms with Crippen molar-refractivity contribution >= 4 is 21.7 Å². The van der Waals surface area contributed by atoms with Gasteiger partial charge in [-0.3, -0.25) is 4.90 Å². The number of sulfonamides is 1. The maximum absolute atomic E-state index is 13.3. The van der Waals surface area contributed by atoms with Gasteiger partial charge in [-0.15, -0.1) is 0 Å². The molecule has 196 valence electrons. The molecule has 0 radical (unpaired) electrons. The zero-order valence-corrected chi connectivity index (χ0v) is 21.7. The van der Waals surface area contributed by atoms with Crippen LogP contribution in [0, 0.1) is 5.82 Å². The molecule has 9 nitrogen and oxygen atoms in total. The topological polar surface area (TPSA) is 104 Å². The van der Waals surface area contributed by atoms with Gasteiger partial charge in [-0.05, 0) is 74.5 Å². The maximum Gasteiger partial charge on any atom is 0.243 e. The summed E-state index contributed by atoms with van der Waals surface area (Å²) < 4.78 is 41.3. The van der Waals surface area contributed by atoms with Crippen LogP contribution in [-0.2, 0) is 16.6 Å². The molecule has 0 unspecified atom stereocenters. The number of piperidine rings is 1. The lowest BCUT2D eigenvalue weighted by atomic mass is 10.1. The average molecular weight is 534 g/mol. The third-order valence-electron chi connectivity index (χ3n) is 6.64. The minimum Gasteiger partial charge on any atom is -0.324 e. The molecule has 11 heteroatoms. The molecule has 1 N–H and O–H groups in total. The molecule has 0 amide bonds. The van der Waals surface area contributed by atoms with Crippen LogP contribution >= 0.6 is 0 Å². The summed E-state index contributed by atoms with van der Waals surface area (Å²) in [4.78, 5) is 19.3. The van der Waals surface area contributed by atoms with Crippen LogP contribution in [0.4, 0.5) is 16.0 Å². The van der Waals surface area contributed by atoms with Gasteiger partial charge in [-0.1, -0.05) is 0 Å². The highest BCUT2D eigenvalue weighted by Crippen LogP contribution is 2.25. The Morgan fingerprint density at radius 1 is 1.00 bits per heavy atom. The zero-order chi connectivity index (χ0) is 26.5. The first-order valence-corrected chi connectivity index (χ1v) is 13.7. The van der Waals surface area contributed by atoms with Gasteiger partial charge < -0.3 is 5.32 Å². The van der Waals surface area contributed by atoms with Gasteiger partial charge in [0.2, 0.25) is 16.0 Å². The van der Waals surface area contributed by atoms with Crippen molar-refractivity contribution in [3.8, 4) is 11.3 Å². The fourth-order valence-electron chi connectivity index (χ4n) is 4.54. The fraction of sp³-hybridized carbons (Fsp3) is 0.259. The van der Waals surface area contributed by atoms with Crippen molar-refractivity contribution in [2.24, 2.45) is 0 Å². The van der Waals surface area contributed by atoms with Gasteiger partial charge in [0.15, 0.2) is 0 Å². The van der Waals surface area contributed by atoms with E-state index in [2.05, 4.69) is 30.2 Å². The zero-order valence-electron chi connectivity index (χ0n) is 20.9.